The van der Waals surface area contributed by atoms with Crippen molar-refractivity contribution in [1.82, 2.24) is 9.78 Å². The largest absolute Gasteiger partial charge is 0.378 e. The van der Waals surface area contributed by atoms with Gasteiger partial charge in [-0.15, -0.1) is 0 Å². The fourth-order valence-corrected chi connectivity index (χ4v) is 3.59. The van der Waals surface area contributed by atoms with Crippen LogP contribution in [0, 0.1) is 20.8 Å². The molecule has 5 heteroatoms. The highest BCUT2D eigenvalue weighted by Gasteiger charge is 2.13. The van der Waals surface area contributed by atoms with Crippen LogP contribution in [0.4, 0.5) is 5.69 Å². The molecule has 2 rings (SSSR count). The van der Waals surface area contributed by atoms with Gasteiger partial charge in [-0.05, 0) is 76.7 Å². The number of hydrogen-bond donors (Lipinski definition) is 1. The number of rotatable bonds is 4. The smallest absolute Gasteiger partial charge is 0.0739 e. The molecule has 1 heterocycles. The Labute approximate surface area is 137 Å². The van der Waals surface area contributed by atoms with E-state index < -0.39 is 0 Å². The summed E-state index contributed by atoms with van der Waals surface area (Å²) >= 11 is 7.26. The average molecular weight is 401 g/mol. The van der Waals surface area contributed by atoms with Crippen LogP contribution in [-0.2, 0) is 13.1 Å². The van der Waals surface area contributed by atoms with Crippen LogP contribution in [0.3, 0.4) is 0 Å². The molecular formula is C15H19Br2N3. The molecule has 0 spiro atoms. The van der Waals surface area contributed by atoms with E-state index in [1.54, 1.807) is 0 Å². The fourth-order valence-electron chi connectivity index (χ4n) is 2.35. The van der Waals surface area contributed by atoms with Gasteiger partial charge in [-0.3, -0.25) is 4.68 Å². The minimum absolute atomic E-state index is 0.748. The summed E-state index contributed by atoms with van der Waals surface area (Å²) in [5, 5.41) is 8.03. The Morgan fingerprint density at radius 1 is 1.20 bits per heavy atom. The Balaban J connectivity index is 2.26. The zero-order valence-electron chi connectivity index (χ0n) is 12.2. The lowest BCUT2D eigenvalue weighted by Crippen LogP contribution is -2.09. The molecule has 3 nitrogen and oxygen atoms in total. The molecule has 0 atom stereocenters. The van der Waals surface area contributed by atoms with Crippen molar-refractivity contribution in [2.24, 2.45) is 0 Å². The van der Waals surface area contributed by atoms with E-state index in [9.17, 15) is 0 Å². The van der Waals surface area contributed by atoms with Crippen molar-refractivity contribution in [3.63, 3.8) is 0 Å². The highest BCUT2D eigenvalue weighted by atomic mass is 79.9. The number of nitrogens with zero attached hydrogens (tertiary/aromatic N) is 2. The van der Waals surface area contributed by atoms with Crippen LogP contribution in [0.5, 0.6) is 0 Å². The second kappa shape index (κ2) is 6.31. The Hall–Kier alpha value is -0.810. The molecule has 2 aromatic rings. The van der Waals surface area contributed by atoms with Gasteiger partial charge in [-0.25, -0.2) is 0 Å². The molecule has 1 N–H and O–H groups in total. The molecule has 0 fully saturated rings. The van der Waals surface area contributed by atoms with E-state index in [0.717, 1.165) is 33.4 Å². The highest BCUT2D eigenvalue weighted by Crippen LogP contribution is 2.29. The van der Waals surface area contributed by atoms with E-state index in [1.165, 1.54) is 16.8 Å². The van der Waals surface area contributed by atoms with Crippen LogP contribution in [0.25, 0.3) is 0 Å². The molecule has 1 aromatic carbocycles. The van der Waals surface area contributed by atoms with E-state index in [2.05, 4.69) is 75.2 Å². The van der Waals surface area contributed by atoms with Crippen LogP contribution >= 0.6 is 31.9 Å². The minimum atomic E-state index is 0.748. The first-order valence-electron chi connectivity index (χ1n) is 6.66. The SMILES string of the molecule is CCn1nc(C)c(Br)c1CNc1c(C)cc(C)cc1Br. The predicted octanol–water partition coefficient (Wildman–Crippen LogP) is 4.97. The third kappa shape index (κ3) is 3.09. The number of anilines is 1. The van der Waals surface area contributed by atoms with Crippen molar-refractivity contribution in [2.75, 3.05) is 5.32 Å². The number of aryl methyl sites for hydroxylation is 4. The number of nitrogens with one attached hydrogen (secondary N) is 1. The van der Waals surface area contributed by atoms with Crippen LogP contribution < -0.4 is 5.32 Å². The van der Waals surface area contributed by atoms with Crippen molar-refractivity contribution >= 4 is 37.5 Å². The Bertz CT molecular complexity index is 609. The summed E-state index contributed by atoms with van der Waals surface area (Å²) in [6.07, 6.45) is 0. The predicted molar refractivity (Wildman–Crippen MR) is 91.3 cm³/mol. The molecule has 0 unspecified atom stereocenters. The van der Waals surface area contributed by atoms with Crippen LogP contribution in [-0.4, -0.2) is 9.78 Å². The van der Waals surface area contributed by atoms with Crippen molar-refractivity contribution in [3.05, 3.63) is 43.6 Å². The molecule has 0 aliphatic rings. The lowest BCUT2D eigenvalue weighted by atomic mass is 10.1. The van der Waals surface area contributed by atoms with Gasteiger partial charge < -0.3 is 5.32 Å². The molecule has 0 bridgehead atoms. The van der Waals surface area contributed by atoms with Gasteiger partial charge in [0, 0.05) is 11.0 Å². The van der Waals surface area contributed by atoms with E-state index >= 15 is 0 Å². The van der Waals surface area contributed by atoms with Crippen molar-refractivity contribution in [1.29, 1.82) is 0 Å². The van der Waals surface area contributed by atoms with Crippen LogP contribution in [0.1, 0.15) is 29.4 Å². The van der Waals surface area contributed by atoms with Gasteiger partial charge in [-0.1, -0.05) is 6.07 Å². The normalized spacial score (nSPS) is 10.9. The molecule has 108 valence electrons. The molecule has 0 aliphatic carbocycles. The van der Waals surface area contributed by atoms with Gasteiger partial charge in [0.05, 0.1) is 28.1 Å². The quantitative estimate of drug-likeness (QED) is 0.785. The first-order valence-corrected chi connectivity index (χ1v) is 8.25. The highest BCUT2D eigenvalue weighted by molar-refractivity contribution is 9.11. The summed E-state index contributed by atoms with van der Waals surface area (Å²) in [6, 6.07) is 4.32. The maximum atomic E-state index is 4.52. The number of hydrogen-bond acceptors (Lipinski definition) is 2. The molecule has 0 radical (unpaired) electrons. The van der Waals surface area contributed by atoms with E-state index in [1.807, 2.05) is 11.6 Å². The average Bonchev–Trinajstić information content (AvgIpc) is 2.64. The minimum Gasteiger partial charge on any atom is -0.378 e. The second-order valence-corrected chi connectivity index (χ2v) is 6.60. The van der Waals surface area contributed by atoms with E-state index in [0.29, 0.717) is 0 Å². The summed E-state index contributed by atoms with van der Waals surface area (Å²) < 4.78 is 4.22. The first kappa shape index (κ1) is 15.6. The number of benzene rings is 1. The zero-order valence-corrected chi connectivity index (χ0v) is 15.4. The Morgan fingerprint density at radius 3 is 2.50 bits per heavy atom. The summed E-state index contributed by atoms with van der Waals surface area (Å²) in [5.41, 5.74) is 5.85. The number of halogens is 2. The Kier molecular flexibility index (Phi) is 4.91. The van der Waals surface area contributed by atoms with E-state index in [4.69, 9.17) is 0 Å². The van der Waals surface area contributed by atoms with E-state index in [-0.39, 0.29) is 0 Å². The topological polar surface area (TPSA) is 29.9 Å². The van der Waals surface area contributed by atoms with Crippen molar-refractivity contribution < 1.29 is 0 Å². The third-order valence-electron chi connectivity index (χ3n) is 3.32. The van der Waals surface area contributed by atoms with Gasteiger partial charge >= 0.3 is 0 Å². The summed E-state index contributed by atoms with van der Waals surface area (Å²) in [4.78, 5) is 0. The van der Waals surface area contributed by atoms with Crippen LogP contribution in [0.15, 0.2) is 21.1 Å². The van der Waals surface area contributed by atoms with Crippen molar-refractivity contribution in [3.8, 4) is 0 Å². The first-order chi connectivity index (χ1) is 9.43. The summed E-state index contributed by atoms with van der Waals surface area (Å²) in [5.74, 6) is 0. The molecule has 0 amide bonds. The molecule has 1 aromatic heterocycles. The van der Waals surface area contributed by atoms with Gasteiger partial charge in [0.15, 0.2) is 0 Å². The van der Waals surface area contributed by atoms with Gasteiger partial charge in [-0.2, -0.15) is 5.10 Å². The summed E-state index contributed by atoms with van der Waals surface area (Å²) in [7, 11) is 0. The van der Waals surface area contributed by atoms with Gasteiger partial charge in [0.25, 0.3) is 0 Å². The lowest BCUT2D eigenvalue weighted by Gasteiger charge is -2.14. The number of aromatic nitrogens is 2. The standard InChI is InChI=1S/C15H19Br2N3/c1-5-20-13(14(17)11(4)19-20)8-18-15-10(3)6-9(2)7-12(15)16/h6-7,18H,5,8H2,1-4H3. The lowest BCUT2D eigenvalue weighted by molar-refractivity contribution is 0.622. The molecule has 20 heavy (non-hydrogen) atoms. The molecular weight excluding hydrogens is 382 g/mol. The third-order valence-corrected chi connectivity index (χ3v) is 4.97. The zero-order chi connectivity index (χ0) is 14.9. The maximum absolute atomic E-state index is 4.52. The van der Waals surface area contributed by atoms with Gasteiger partial charge in [0.2, 0.25) is 0 Å². The Morgan fingerprint density at radius 2 is 1.90 bits per heavy atom. The second-order valence-electron chi connectivity index (χ2n) is 4.95. The summed E-state index contributed by atoms with van der Waals surface area (Å²) in [6.45, 7) is 9.97. The molecule has 0 saturated carbocycles. The molecule has 0 saturated heterocycles. The monoisotopic (exact) mass is 399 g/mol. The van der Waals surface area contributed by atoms with Crippen LogP contribution in [0.2, 0.25) is 0 Å². The fraction of sp³-hybridized carbons (Fsp3) is 0.400. The molecule has 0 aliphatic heterocycles. The van der Waals surface area contributed by atoms with Crippen molar-refractivity contribution in [2.45, 2.75) is 40.8 Å². The maximum Gasteiger partial charge on any atom is 0.0739 e. The van der Waals surface area contributed by atoms with Gasteiger partial charge in [0.1, 0.15) is 0 Å².